The molecule has 3 N–H and O–H groups in total. The molecule has 4 nitrogen and oxygen atoms in total. The molecule has 0 aliphatic carbocycles. The van der Waals surface area contributed by atoms with E-state index in [1.165, 1.54) is 5.56 Å². The highest BCUT2D eigenvalue weighted by Gasteiger charge is 2.26. The van der Waals surface area contributed by atoms with E-state index in [4.69, 9.17) is 5.73 Å². The number of nitrogens with one attached hydrogen (secondary N) is 1. The Morgan fingerprint density at radius 3 is 2.00 bits per heavy atom. The number of carbonyl (C=O) groups is 1. The molecule has 0 aliphatic heterocycles. The number of amides is 1. The quantitative estimate of drug-likeness (QED) is 0.668. The Balaban J connectivity index is 0. The molecule has 0 radical (unpaired) electrons. The van der Waals surface area contributed by atoms with Crippen molar-refractivity contribution in [2.75, 3.05) is 13.1 Å². The van der Waals surface area contributed by atoms with Crippen LogP contribution in [0.25, 0.3) is 0 Å². The number of halogens is 2. The van der Waals surface area contributed by atoms with Crippen LogP contribution >= 0.6 is 24.8 Å². The molecule has 0 atom stereocenters. The van der Waals surface area contributed by atoms with E-state index in [-0.39, 0.29) is 36.3 Å². The number of carbonyl (C=O) groups excluding carboxylic acids is 1. The summed E-state index contributed by atoms with van der Waals surface area (Å²) < 4.78 is 0. The summed E-state index contributed by atoms with van der Waals surface area (Å²) in [5, 5.41) is 3.11. The van der Waals surface area contributed by atoms with Gasteiger partial charge in [-0.3, -0.25) is 9.69 Å². The minimum Gasteiger partial charge on any atom is -0.345 e. The summed E-state index contributed by atoms with van der Waals surface area (Å²) in [6.45, 7) is 13.1. The highest BCUT2D eigenvalue weighted by Crippen LogP contribution is 2.15. The van der Waals surface area contributed by atoms with Crippen LogP contribution in [0.1, 0.15) is 63.4 Å². The van der Waals surface area contributed by atoms with Gasteiger partial charge < -0.3 is 11.1 Å². The summed E-state index contributed by atoms with van der Waals surface area (Å²) in [4.78, 5) is 14.8. The second kappa shape index (κ2) is 12.5. The molecule has 6 heteroatoms. The van der Waals surface area contributed by atoms with Gasteiger partial charge in [0.15, 0.2) is 0 Å². The van der Waals surface area contributed by atoms with Gasteiger partial charge in [-0.1, -0.05) is 32.9 Å². The largest absolute Gasteiger partial charge is 0.345 e. The van der Waals surface area contributed by atoms with Crippen molar-refractivity contribution in [2.45, 2.75) is 65.6 Å². The van der Waals surface area contributed by atoms with E-state index in [2.05, 4.69) is 44.8 Å². The van der Waals surface area contributed by atoms with Crippen molar-refractivity contribution in [3.8, 4) is 0 Å². The van der Waals surface area contributed by atoms with Crippen LogP contribution in [0.4, 0.5) is 0 Å². The normalized spacial score (nSPS) is 11.0. The first-order valence-corrected chi connectivity index (χ1v) is 8.76. The monoisotopic (exact) mass is 391 g/mol. The van der Waals surface area contributed by atoms with E-state index in [9.17, 15) is 4.79 Å². The molecule has 0 heterocycles. The number of hydrogen-bond donors (Lipinski definition) is 2. The van der Waals surface area contributed by atoms with Gasteiger partial charge in [0.1, 0.15) is 0 Å². The van der Waals surface area contributed by atoms with Crippen molar-refractivity contribution >= 4 is 30.7 Å². The van der Waals surface area contributed by atoms with Gasteiger partial charge in [-0.15, -0.1) is 24.8 Å². The molecule has 0 bridgehead atoms. The standard InChI is InChI=1S/C19H33N3O.2ClH/c1-6-19(7-2,14-20)21-18(23)17-11-9-16(10-12-17)13-22(8-3)15(4)5;;/h9-12,15H,6-8,13-14,20H2,1-5H3,(H,21,23);2*1H. The van der Waals surface area contributed by atoms with Crippen molar-refractivity contribution in [3.63, 3.8) is 0 Å². The van der Waals surface area contributed by atoms with Gasteiger partial charge in [-0.25, -0.2) is 0 Å². The molecule has 0 aliphatic rings. The lowest BCUT2D eigenvalue weighted by Gasteiger charge is -2.31. The molecular formula is C19H35Cl2N3O. The van der Waals surface area contributed by atoms with Crippen molar-refractivity contribution in [3.05, 3.63) is 35.4 Å². The lowest BCUT2D eigenvalue weighted by Crippen LogP contribution is -2.52. The summed E-state index contributed by atoms with van der Waals surface area (Å²) in [5.41, 5.74) is 7.48. The van der Waals surface area contributed by atoms with Gasteiger partial charge >= 0.3 is 0 Å². The first-order valence-electron chi connectivity index (χ1n) is 8.76. The lowest BCUT2D eigenvalue weighted by atomic mass is 9.92. The van der Waals surface area contributed by atoms with Gasteiger partial charge in [-0.05, 0) is 50.9 Å². The molecule has 0 spiro atoms. The van der Waals surface area contributed by atoms with Crippen LogP contribution in [0, 0.1) is 0 Å². The fourth-order valence-corrected chi connectivity index (χ4v) is 2.74. The fraction of sp³-hybridized carbons (Fsp3) is 0.632. The third kappa shape index (κ3) is 7.53. The fourth-order valence-electron chi connectivity index (χ4n) is 2.74. The van der Waals surface area contributed by atoms with Gasteiger partial charge in [0.05, 0.1) is 5.54 Å². The predicted molar refractivity (Wildman–Crippen MR) is 112 cm³/mol. The smallest absolute Gasteiger partial charge is 0.251 e. The Kier molecular flexibility index (Phi) is 13.2. The molecule has 1 amide bonds. The van der Waals surface area contributed by atoms with Crippen molar-refractivity contribution < 1.29 is 4.79 Å². The number of hydrogen-bond acceptors (Lipinski definition) is 3. The number of nitrogens with two attached hydrogens (primary N) is 1. The van der Waals surface area contributed by atoms with Crippen LogP contribution in [-0.2, 0) is 6.54 Å². The Morgan fingerprint density at radius 1 is 1.12 bits per heavy atom. The predicted octanol–water partition coefficient (Wildman–Crippen LogP) is 4.01. The maximum atomic E-state index is 12.5. The minimum atomic E-state index is -0.299. The van der Waals surface area contributed by atoms with E-state index < -0.39 is 0 Å². The van der Waals surface area contributed by atoms with Crippen molar-refractivity contribution in [1.82, 2.24) is 10.2 Å². The van der Waals surface area contributed by atoms with Crippen LogP contribution in [0.3, 0.4) is 0 Å². The van der Waals surface area contributed by atoms with Gasteiger partial charge in [0, 0.05) is 24.7 Å². The molecule has 0 fully saturated rings. The molecule has 0 saturated carbocycles. The summed E-state index contributed by atoms with van der Waals surface area (Å²) in [6.07, 6.45) is 1.67. The second-order valence-electron chi connectivity index (χ2n) is 6.50. The van der Waals surface area contributed by atoms with Crippen molar-refractivity contribution in [1.29, 1.82) is 0 Å². The summed E-state index contributed by atoms with van der Waals surface area (Å²) in [6, 6.07) is 8.42. The Bertz CT molecular complexity index is 480. The molecule has 146 valence electrons. The van der Waals surface area contributed by atoms with Gasteiger partial charge in [0.25, 0.3) is 5.91 Å². The summed E-state index contributed by atoms with van der Waals surface area (Å²) in [5.74, 6) is -0.0399. The topological polar surface area (TPSA) is 58.4 Å². The van der Waals surface area contributed by atoms with Crippen molar-refractivity contribution in [2.24, 2.45) is 5.73 Å². The lowest BCUT2D eigenvalue weighted by molar-refractivity contribution is 0.0895. The average Bonchev–Trinajstić information content (AvgIpc) is 2.57. The third-order valence-corrected chi connectivity index (χ3v) is 4.86. The van der Waals surface area contributed by atoms with E-state index in [1.54, 1.807) is 0 Å². The van der Waals surface area contributed by atoms with Gasteiger partial charge in [0.2, 0.25) is 0 Å². The minimum absolute atomic E-state index is 0. The average molecular weight is 392 g/mol. The van der Waals surface area contributed by atoms with E-state index in [1.807, 2.05) is 24.3 Å². The van der Waals surface area contributed by atoms with Gasteiger partial charge in [-0.2, -0.15) is 0 Å². The van der Waals surface area contributed by atoms with E-state index in [0.29, 0.717) is 18.2 Å². The first-order chi connectivity index (χ1) is 10.9. The van der Waals surface area contributed by atoms with Crippen LogP contribution in [-0.4, -0.2) is 35.5 Å². The molecule has 1 aromatic carbocycles. The van der Waals surface area contributed by atoms with E-state index in [0.717, 1.165) is 25.9 Å². The third-order valence-electron chi connectivity index (χ3n) is 4.86. The highest BCUT2D eigenvalue weighted by atomic mass is 35.5. The van der Waals surface area contributed by atoms with Crippen LogP contribution in [0.2, 0.25) is 0 Å². The maximum absolute atomic E-state index is 12.5. The highest BCUT2D eigenvalue weighted by molar-refractivity contribution is 5.94. The molecule has 1 aromatic rings. The van der Waals surface area contributed by atoms with Crippen LogP contribution in [0.15, 0.2) is 24.3 Å². The summed E-state index contributed by atoms with van der Waals surface area (Å²) in [7, 11) is 0. The summed E-state index contributed by atoms with van der Waals surface area (Å²) >= 11 is 0. The molecule has 0 aromatic heterocycles. The zero-order valence-corrected chi connectivity index (χ0v) is 17.8. The van der Waals surface area contributed by atoms with Crippen LogP contribution in [0.5, 0.6) is 0 Å². The molecule has 0 saturated heterocycles. The molecular weight excluding hydrogens is 357 g/mol. The van der Waals surface area contributed by atoms with Crippen LogP contribution < -0.4 is 11.1 Å². The molecule has 0 unspecified atom stereocenters. The zero-order valence-electron chi connectivity index (χ0n) is 16.2. The number of rotatable bonds is 9. The maximum Gasteiger partial charge on any atom is 0.251 e. The Morgan fingerprint density at radius 2 is 1.64 bits per heavy atom. The molecule has 25 heavy (non-hydrogen) atoms. The Labute approximate surface area is 165 Å². The van der Waals surface area contributed by atoms with E-state index >= 15 is 0 Å². The SMILES string of the molecule is CCN(Cc1ccc(C(=O)NC(CC)(CC)CN)cc1)C(C)C.Cl.Cl. The zero-order chi connectivity index (χ0) is 17.5. The number of benzene rings is 1. The number of nitrogens with zero attached hydrogens (tertiary/aromatic N) is 1. The first kappa shape index (κ1) is 26.4. The Hall–Kier alpha value is -0.810. The molecule has 1 rings (SSSR count). The second-order valence-corrected chi connectivity index (χ2v) is 6.50.